The number of anilines is 3. The van der Waals surface area contributed by atoms with E-state index in [1.165, 1.54) is 43.8 Å². The summed E-state index contributed by atoms with van der Waals surface area (Å²) in [5, 5.41) is 6.34. The minimum Gasteiger partial charge on any atom is -0.381 e. The topological polar surface area (TPSA) is 54.5 Å². The van der Waals surface area contributed by atoms with Crippen LogP contribution < -0.4 is 10.2 Å². The Morgan fingerprint density at radius 1 is 1.16 bits per heavy atom. The smallest absolute Gasteiger partial charge is 0.187 e. The molecule has 0 spiro atoms. The number of carbonyl (C=O) groups excluding carboxylic acids is 1. The maximum absolute atomic E-state index is 12.4. The van der Waals surface area contributed by atoms with Gasteiger partial charge in [0.1, 0.15) is 5.69 Å². The van der Waals surface area contributed by atoms with Crippen LogP contribution in [0.25, 0.3) is 0 Å². The van der Waals surface area contributed by atoms with Crippen molar-refractivity contribution in [1.82, 2.24) is 4.98 Å². The summed E-state index contributed by atoms with van der Waals surface area (Å²) in [7, 11) is 2.17. The van der Waals surface area contributed by atoms with Gasteiger partial charge >= 0.3 is 0 Å². The molecule has 2 aliphatic heterocycles. The summed E-state index contributed by atoms with van der Waals surface area (Å²) in [6.07, 6.45) is 7.84. The third-order valence-corrected chi connectivity index (χ3v) is 9.31. The van der Waals surface area contributed by atoms with Crippen LogP contribution in [0.3, 0.4) is 0 Å². The first-order chi connectivity index (χ1) is 18.6. The van der Waals surface area contributed by atoms with Gasteiger partial charge in [-0.2, -0.15) is 0 Å². The van der Waals surface area contributed by atoms with Crippen molar-refractivity contribution in [2.75, 3.05) is 30.5 Å². The lowest BCUT2D eigenvalue weighted by Crippen LogP contribution is -2.21. The van der Waals surface area contributed by atoms with E-state index in [1.807, 2.05) is 24.1 Å². The maximum Gasteiger partial charge on any atom is 0.187 e. The lowest BCUT2D eigenvalue weighted by Gasteiger charge is -2.32. The first-order valence-corrected chi connectivity index (χ1v) is 15.4. The molecule has 0 aliphatic carbocycles. The summed E-state index contributed by atoms with van der Waals surface area (Å²) in [4.78, 5) is 22.0. The number of fused-ring (bicyclic) bond motifs is 2. The van der Waals surface area contributed by atoms with Gasteiger partial charge in [0.15, 0.2) is 10.9 Å². The van der Waals surface area contributed by atoms with Gasteiger partial charge in [0.05, 0.1) is 11.4 Å². The van der Waals surface area contributed by atoms with Crippen molar-refractivity contribution in [2.24, 2.45) is 5.92 Å². The summed E-state index contributed by atoms with van der Waals surface area (Å²) in [6.45, 7) is 5.89. The highest BCUT2D eigenvalue weighted by molar-refractivity contribution is 7.99. The van der Waals surface area contributed by atoms with Crippen molar-refractivity contribution in [3.8, 4) is 0 Å². The Bertz CT molecular complexity index is 1300. The zero-order valence-electron chi connectivity index (χ0n) is 22.5. The van der Waals surface area contributed by atoms with E-state index in [4.69, 9.17) is 4.74 Å². The molecule has 0 amide bonds. The molecular formula is C31H37N3O2S2. The zero-order chi connectivity index (χ0) is 26.5. The van der Waals surface area contributed by atoms with Crippen LogP contribution in [-0.4, -0.2) is 31.0 Å². The van der Waals surface area contributed by atoms with E-state index in [2.05, 4.69) is 77.7 Å². The van der Waals surface area contributed by atoms with E-state index in [-0.39, 0.29) is 11.7 Å². The Kier molecular flexibility index (Phi) is 8.87. The van der Waals surface area contributed by atoms with Gasteiger partial charge in [-0.05, 0) is 67.9 Å². The number of Topliss-reactive ketones (excluding diaryl/α,β-unsaturated/α-hetero) is 1. The number of ether oxygens (including phenoxy) is 1. The molecule has 1 aromatic heterocycles. The monoisotopic (exact) mass is 547 g/mol. The second kappa shape index (κ2) is 12.5. The van der Waals surface area contributed by atoms with Gasteiger partial charge in [-0.25, -0.2) is 4.98 Å². The molecule has 1 fully saturated rings. The molecule has 1 N–H and O–H groups in total. The van der Waals surface area contributed by atoms with Crippen LogP contribution in [0.2, 0.25) is 0 Å². The Hall–Kier alpha value is -2.61. The number of carbonyl (C=O) groups is 1. The number of thiazole rings is 1. The first kappa shape index (κ1) is 27.0. The number of ketones is 1. The average molecular weight is 548 g/mol. The number of allylic oxidation sites excluding steroid dienone is 2. The molecule has 0 radical (unpaired) electrons. The molecule has 5 nitrogen and oxygen atoms in total. The lowest BCUT2D eigenvalue weighted by molar-refractivity contribution is 0.0626. The van der Waals surface area contributed by atoms with Crippen molar-refractivity contribution in [2.45, 2.75) is 68.1 Å². The molecular weight excluding hydrogens is 510 g/mol. The summed E-state index contributed by atoms with van der Waals surface area (Å²) in [5.74, 6) is 0.933. The van der Waals surface area contributed by atoms with Crippen molar-refractivity contribution >= 4 is 45.4 Å². The van der Waals surface area contributed by atoms with E-state index in [1.54, 1.807) is 0 Å². The number of nitrogens with zero attached hydrogens (tertiary/aromatic N) is 2. The Morgan fingerprint density at radius 3 is 2.74 bits per heavy atom. The van der Waals surface area contributed by atoms with Crippen molar-refractivity contribution in [3.63, 3.8) is 0 Å². The minimum absolute atomic E-state index is 0.118. The largest absolute Gasteiger partial charge is 0.381 e. The van der Waals surface area contributed by atoms with Crippen LogP contribution in [0, 0.1) is 5.92 Å². The van der Waals surface area contributed by atoms with Crippen LogP contribution in [0.5, 0.6) is 0 Å². The number of benzene rings is 2. The van der Waals surface area contributed by atoms with E-state index in [0.29, 0.717) is 18.0 Å². The normalized spacial score (nSPS) is 16.6. The van der Waals surface area contributed by atoms with E-state index < -0.39 is 0 Å². The highest BCUT2D eigenvalue weighted by atomic mass is 32.2. The molecule has 38 heavy (non-hydrogen) atoms. The van der Waals surface area contributed by atoms with E-state index in [0.717, 1.165) is 50.4 Å². The summed E-state index contributed by atoms with van der Waals surface area (Å²) in [6, 6.07) is 15.6. The molecule has 1 unspecified atom stereocenters. The fourth-order valence-corrected chi connectivity index (χ4v) is 7.23. The van der Waals surface area contributed by atoms with Crippen LogP contribution in [0.15, 0.2) is 69.4 Å². The number of aromatic nitrogens is 1. The first-order valence-electron chi connectivity index (χ1n) is 13.8. The van der Waals surface area contributed by atoms with Gasteiger partial charge in [0.2, 0.25) is 0 Å². The second-order valence-corrected chi connectivity index (χ2v) is 12.0. The van der Waals surface area contributed by atoms with E-state index >= 15 is 0 Å². The molecule has 2 aromatic carbocycles. The van der Waals surface area contributed by atoms with Crippen LogP contribution in [0.4, 0.5) is 16.5 Å². The average Bonchev–Trinajstić information content (AvgIpc) is 3.41. The van der Waals surface area contributed by atoms with E-state index in [9.17, 15) is 4.79 Å². The van der Waals surface area contributed by atoms with Gasteiger partial charge in [-0.15, -0.1) is 11.3 Å². The number of hydrogen-bond donors (Lipinski definition) is 1. The van der Waals surface area contributed by atoms with Gasteiger partial charge in [0.25, 0.3) is 0 Å². The summed E-state index contributed by atoms with van der Waals surface area (Å²) >= 11 is 3.36. The Balaban J connectivity index is 1.47. The summed E-state index contributed by atoms with van der Waals surface area (Å²) in [5.41, 5.74) is 5.56. The van der Waals surface area contributed by atoms with Gasteiger partial charge in [-0.3, -0.25) is 4.79 Å². The van der Waals surface area contributed by atoms with Crippen molar-refractivity contribution in [1.29, 1.82) is 0 Å². The van der Waals surface area contributed by atoms with Gasteiger partial charge in [0, 0.05) is 53.5 Å². The fraction of sp³-hybridized carbons (Fsp3) is 0.419. The third kappa shape index (κ3) is 6.00. The van der Waals surface area contributed by atoms with Crippen molar-refractivity contribution < 1.29 is 9.53 Å². The molecule has 3 aromatic rings. The number of para-hydroxylation sites is 1. The number of nitrogens with one attached hydrogen (secondary N) is 1. The van der Waals surface area contributed by atoms with Crippen LogP contribution in [-0.2, 0) is 4.74 Å². The number of rotatable bonds is 10. The quantitative estimate of drug-likeness (QED) is 0.256. The molecule has 7 heteroatoms. The SMILES string of the molecule is CC/C=C(/Nc1nc(C(=O)CCC)cs1)C(CC1CCOCC1)c1ccc2c(c1)N(C)c1ccccc1S2. The molecule has 0 bridgehead atoms. The standard InChI is InChI=1S/C31H37N3O2S2/c1-4-8-24(32-31-33-25(20-37-31)28(35)9-5-2)23(18-21-14-16-36-17-15-21)22-12-13-30-27(19-22)34(3)26-10-6-7-11-29(26)38-30/h6-8,10-13,19-21,23H,4-5,9,14-18H2,1-3H3,(H,32,33)/b24-8+. The van der Waals surface area contributed by atoms with Gasteiger partial charge in [-0.1, -0.05) is 49.9 Å². The predicted octanol–water partition coefficient (Wildman–Crippen LogP) is 8.66. The van der Waals surface area contributed by atoms with Crippen LogP contribution >= 0.6 is 23.1 Å². The predicted molar refractivity (Wildman–Crippen MR) is 159 cm³/mol. The highest BCUT2D eigenvalue weighted by Gasteiger charge is 2.27. The second-order valence-electron chi connectivity index (χ2n) is 10.1. The molecule has 1 atom stereocenters. The maximum atomic E-state index is 12.4. The van der Waals surface area contributed by atoms with Crippen LogP contribution in [0.1, 0.15) is 74.3 Å². The molecule has 200 valence electrons. The summed E-state index contributed by atoms with van der Waals surface area (Å²) < 4.78 is 5.68. The minimum atomic E-state index is 0.118. The third-order valence-electron chi connectivity index (χ3n) is 7.42. The van der Waals surface area contributed by atoms with Crippen molar-refractivity contribution in [3.05, 3.63) is 70.9 Å². The Morgan fingerprint density at radius 2 is 1.95 bits per heavy atom. The molecule has 0 saturated carbocycles. The molecule has 3 heterocycles. The Labute approximate surface area is 234 Å². The molecule has 1 saturated heterocycles. The zero-order valence-corrected chi connectivity index (χ0v) is 24.2. The fourth-order valence-electron chi connectivity index (χ4n) is 5.36. The number of hydrogen-bond acceptors (Lipinski definition) is 7. The molecule has 2 aliphatic rings. The lowest BCUT2D eigenvalue weighted by atomic mass is 9.82. The molecule has 5 rings (SSSR count). The highest BCUT2D eigenvalue weighted by Crippen LogP contribution is 2.49. The van der Waals surface area contributed by atoms with Gasteiger partial charge < -0.3 is 15.0 Å².